The van der Waals surface area contributed by atoms with Crippen LogP contribution in [0, 0.1) is 11.3 Å². The van der Waals surface area contributed by atoms with Gasteiger partial charge in [-0.3, -0.25) is 9.78 Å². The van der Waals surface area contributed by atoms with Gasteiger partial charge in [-0.1, -0.05) is 35.3 Å². The molecule has 0 bridgehead atoms. The largest absolute Gasteiger partial charge is 0.457 e. The summed E-state index contributed by atoms with van der Waals surface area (Å²) < 4.78 is 5.75. The van der Waals surface area contributed by atoms with Crippen LogP contribution >= 0.6 is 23.2 Å². The van der Waals surface area contributed by atoms with Gasteiger partial charge in [-0.25, -0.2) is 0 Å². The Hall–Kier alpha value is -3.59. The van der Waals surface area contributed by atoms with Crippen LogP contribution < -0.4 is 5.32 Å². The highest BCUT2D eigenvalue weighted by Gasteiger charge is 2.14. The minimum absolute atomic E-state index is 0.103. The number of carbonyl (C=O) groups excluding carboxylic acids is 1. The summed E-state index contributed by atoms with van der Waals surface area (Å²) in [5.41, 5.74) is 1.83. The number of amides is 1. The van der Waals surface area contributed by atoms with Crippen LogP contribution in [-0.2, 0) is 4.79 Å². The van der Waals surface area contributed by atoms with Crippen molar-refractivity contribution >= 4 is 51.8 Å². The van der Waals surface area contributed by atoms with E-state index in [2.05, 4.69) is 10.3 Å². The highest BCUT2D eigenvalue weighted by atomic mass is 35.5. The fourth-order valence-corrected chi connectivity index (χ4v) is 3.36. The van der Waals surface area contributed by atoms with Gasteiger partial charge in [0.1, 0.15) is 23.2 Å². The third-order valence-corrected chi connectivity index (χ3v) is 5.21. The second kappa shape index (κ2) is 8.42. The number of aromatic nitrogens is 1. The Morgan fingerprint density at radius 1 is 1.07 bits per heavy atom. The molecule has 0 fully saturated rings. The number of fused-ring (bicyclic) bond motifs is 1. The molecule has 0 atom stereocenters. The fraction of sp³-hybridized carbons (Fsp3) is 0. The van der Waals surface area contributed by atoms with E-state index in [0.29, 0.717) is 32.8 Å². The molecule has 0 aliphatic heterocycles. The lowest BCUT2D eigenvalue weighted by Crippen LogP contribution is -2.13. The number of hydrogen-bond acceptors (Lipinski definition) is 4. The number of nitriles is 1. The van der Waals surface area contributed by atoms with Gasteiger partial charge in [0.05, 0.1) is 21.2 Å². The van der Waals surface area contributed by atoms with Crippen LogP contribution in [0.3, 0.4) is 0 Å². The van der Waals surface area contributed by atoms with Gasteiger partial charge in [0.2, 0.25) is 0 Å². The Morgan fingerprint density at radius 2 is 1.90 bits per heavy atom. The topological polar surface area (TPSA) is 78.9 Å². The van der Waals surface area contributed by atoms with Crippen molar-refractivity contribution in [2.45, 2.75) is 0 Å². The number of furan rings is 1. The predicted octanol–water partition coefficient (Wildman–Crippen LogP) is 6.35. The van der Waals surface area contributed by atoms with Crippen LogP contribution in [0.1, 0.15) is 5.76 Å². The highest BCUT2D eigenvalue weighted by Crippen LogP contribution is 2.34. The molecule has 2 aromatic carbocycles. The van der Waals surface area contributed by atoms with E-state index >= 15 is 0 Å². The molecule has 30 heavy (non-hydrogen) atoms. The van der Waals surface area contributed by atoms with Gasteiger partial charge in [-0.2, -0.15) is 5.26 Å². The second-order valence-electron chi connectivity index (χ2n) is 6.30. The molecule has 4 rings (SSSR count). The van der Waals surface area contributed by atoms with Crippen LogP contribution in [-0.4, -0.2) is 10.9 Å². The first kappa shape index (κ1) is 19.7. The van der Waals surface area contributed by atoms with E-state index in [1.807, 2.05) is 18.2 Å². The molecule has 0 aliphatic rings. The first-order chi connectivity index (χ1) is 14.6. The summed E-state index contributed by atoms with van der Waals surface area (Å²) in [5, 5.41) is 13.8. The van der Waals surface area contributed by atoms with Crippen molar-refractivity contribution in [2.75, 3.05) is 5.32 Å². The average Bonchev–Trinajstić information content (AvgIpc) is 3.22. The van der Waals surface area contributed by atoms with Crippen molar-refractivity contribution < 1.29 is 9.21 Å². The first-order valence-corrected chi connectivity index (χ1v) is 9.63. The maximum Gasteiger partial charge on any atom is 0.266 e. The molecular formula is C23H13Cl2N3O2. The molecule has 0 saturated heterocycles. The maximum absolute atomic E-state index is 12.7. The smallest absolute Gasteiger partial charge is 0.266 e. The third kappa shape index (κ3) is 3.92. The number of pyridine rings is 1. The van der Waals surface area contributed by atoms with Crippen molar-refractivity contribution in [1.82, 2.24) is 4.98 Å². The molecule has 2 heterocycles. The second-order valence-corrected chi connectivity index (χ2v) is 7.09. The molecule has 1 amide bonds. The van der Waals surface area contributed by atoms with Gasteiger partial charge in [0.15, 0.2) is 0 Å². The van der Waals surface area contributed by atoms with Crippen LogP contribution in [0.25, 0.3) is 28.3 Å². The van der Waals surface area contributed by atoms with E-state index in [1.165, 1.54) is 6.08 Å². The van der Waals surface area contributed by atoms with Crippen LogP contribution in [0.2, 0.25) is 10.0 Å². The summed E-state index contributed by atoms with van der Waals surface area (Å²) in [7, 11) is 0. The molecule has 4 aromatic rings. The summed E-state index contributed by atoms with van der Waals surface area (Å²) in [5.74, 6) is 0.270. The summed E-state index contributed by atoms with van der Waals surface area (Å²) in [4.78, 5) is 16.9. The highest BCUT2D eigenvalue weighted by molar-refractivity contribution is 6.43. The molecule has 2 aromatic heterocycles. The lowest BCUT2D eigenvalue weighted by Gasteiger charge is -2.07. The molecule has 0 radical (unpaired) electrons. The average molecular weight is 434 g/mol. The van der Waals surface area contributed by atoms with Gasteiger partial charge in [-0.05, 0) is 48.5 Å². The Bertz CT molecular complexity index is 1330. The number of nitrogens with one attached hydrogen (secondary N) is 1. The fourth-order valence-electron chi connectivity index (χ4n) is 2.96. The number of anilines is 1. The molecule has 1 N–H and O–H groups in total. The summed E-state index contributed by atoms with van der Waals surface area (Å²) in [6.07, 6.45) is 3.05. The van der Waals surface area contributed by atoms with Gasteiger partial charge in [-0.15, -0.1) is 0 Å². The number of carbonyl (C=O) groups is 1. The van der Waals surface area contributed by atoms with E-state index in [9.17, 15) is 10.1 Å². The Kier molecular flexibility index (Phi) is 5.53. The monoisotopic (exact) mass is 433 g/mol. The molecule has 0 spiro atoms. The van der Waals surface area contributed by atoms with Crippen molar-refractivity contribution in [3.05, 3.63) is 88.2 Å². The number of rotatable bonds is 4. The van der Waals surface area contributed by atoms with Gasteiger partial charge in [0.25, 0.3) is 5.91 Å². The Morgan fingerprint density at radius 3 is 2.73 bits per heavy atom. The van der Waals surface area contributed by atoms with Crippen LogP contribution in [0.15, 0.2) is 76.9 Å². The third-order valence-electron chi connectivity index (χ3n) is 4.39. The molecule has 0 unspecified atom stereocenters. The normalized spacial score (nSPS) is 11.3. The van der Waals surface area contributed by atoms with E-state index in [4.69, 9.17) is 27.6 Å². The van der Waals surface area contributed by atoms with E-state index in [1.54, 1.807) is 54.7 Å². The van der Waals surface area contributed by atoms with Crippen molar-refractivity contribution in [3.8, 4) is 17.4 Å². The Balaban J connectivity index is 1.61. The zero-order chi connectivity index (χ0) is 21.1. The lowest BCUT2D eigenvalue weighted by molar-refractivity contribution is -0.112. The minimum Gasteiger partial charge on any atom is -0.457 e. The zero-order valence-electron chi connectivity index (χ0n) is 15.4. The molecule has 146 valence electrons. The molecular weight excluding hydrogens is 421 g/mol. The standard InChI is InChI=1S/C23H13Cl2N3O2/c24-18-6-1-4-17(22(18)25)21-10-9-15(30-21)12-14(13-26)23(29)28-20-8-2-7-19-16(20)5-3-11-27-19/h1-12H,(H,28,29)/b14-12-. The van der Waals surface area contributed by atoms with E-state index < -0.39 is 5.91 Å². The maximum atomic E-state index is 12.7. The SMILES string of the molecule is N#C/C(=C/c1ccc(-c2cccc(Cl)c2Cl)o1)C(=O)Nc1cccc2ncccc12. The molecule has 0 aliphatic carbocycles. The predicted molar refractivity (Wildman–Crippen MR) is 118 cm³/mol. The van der Waals surface area contributed by atoms with Gasteiger partial charge in [0, 0.05) is 23.2 Å². The summed E-state index contributed by atoms with van der Waals surface area (Å²) in [6.45, 7) is 0. The van der Waals surface area contributed by atoms with Crippen LogP contribution in [0.5, 0.6) is 0 Å². The summed E-state index contributed by atoms with van der Waals surface area (Å²) >= 11 is 12.3. The molecule has 7 heteroatoms. The molecule has 0 saturated carbocycles. The number of benzene rings is 2. The molecule has 5 nitrogen and oxygen atoms in total. The van der Waals surface area contributed by atoms with Crippen molar-refractivity contribution in [2.24, 2.45) is 0 Å². The quantitative estimate of drug-likeness (QED) is 0.300. The number of nitrogens with zero attached hydrogens (tertiary/aromatic N) is 2. The lowest BCUT2D eigenvalue weighted by atomic mass is 10.1. The van der Waals surface area contributed by atoms with E-state index in [-0.39, 0.29) is 5.57 Å². The Labute approximate surface area is 182 Å². The van der Waals surface area contributed by atoms with Crippen LogP contribution in [0.4, 0.5) is 5.69 Å². The van der Waals surface area contributed by atoms with Gasteiger partial charge >= 0.3 is 0 Å². The summed E-state index contributed by atoms with van der Waals surface area (Å²) in [6, 6.07) is 19.5. The van der Waals surface area contributed by atoms with Crippen molar-refractivity contribution in [1.29, 1.82) is 5.26 Å². The minimum atomic E-state index is -0.549. The number of hydrogen-bond donors (Lipinski definition) is 1. The zero-order valence-corrected chi connectivity index (χ0v) is 16.9. The van der Waals surface area contributed by atoms with Gasteiger partial charge < -0.3 is 9.73 Å². The van der Waals surface area contributed by atoms with Crippen molar-refractivity contribution in [3.63, 3.8) is 0 Å². The number of halogens is 2. The van der Waals surface area contributed by atoms with E-state index in [0.717, 1.165) is 10.9 Å². The first-order valence-electron chi connectivity index (χ1n) is 8.88.